The van der Waals surface area contributed by atoms with Gasteiger partial charge in [-0.05, 0) is 15.9 Å². The zero-order chi connectivity index (χ0) is 10.6. The van der Waals surface area contributed by atoms with E-state index in [4.69, 9.17) is 0 Å². The number of halogens is 2. The van der Waals surface area contributed by atoms with Crippen molar-refractivity contribution in [2.24, 2.45) is 0 Å². The molecular weight excluding hydrogens is 314 g/mol. The molecule has 74 valence electrons. The second kappa shape index (κ2) is 5.21. The van der Waals surface area contributed by atoms with Crippen molar-refractivity contribution < 1.29 is 4.79 Å². The first-order valence-electron chi connectivity index (χ1n) is 3.68. The van der Waals surface area contributed by atoms with Gasteiger partial charge in [0.05, 0.1) is 4.47 Å². The van der Waals surface area contributed by atoms with Crippen molar-refractivity contribution >= 4 is 37.8 Å². The molecule has 0 bridgehead atoms. The molecule has 0 aliphatic heterocycles. The van der Waals surface area contributed by atoms with Gasteiger partial charge in [0.25, 0.3) is 5.91 Å². The molecule has 0 saturated heterocycles. The van der Waals surface area contributed by atoms with E-state index in [2.05, 4.69) is 53.7 Å². The summed E-state index contributed by atoms with van der Waals surface area (Å²) in [5.41, 5.74) is 0.314. The van der Waals surface area contributed by atoms with Crippen molar-refractivity contribution in [3.63, 3.8) is 0 Å². The minimum Gasteiger partial charge on any atom is -0.346 e. The summed E-state index contributed by atoms with van der Waals surface area (Å²) in [5, 5.41) is 2.63. The van der Waals surface area contributed by atoms with Gasteiger partial charge in [-0.25, -0.2) is 9.97 Å². The van der Waals surface area contributed by atoms with Gasteiger partial charge >= 0.3 is 0 Å². The second-order valence-corrected chi connectivity index (χ2v) is 4.40. The van der Waals surface area contributed by atoms with E-state index in [-0.39, 0.29) is 5.91 Å². The average Bonchev–Trinajstić information content (AvgIpc) is 2.15. The van der Waals surface area contributed by atoms with Gasteiger partial charge < -0.3 is 5.32 Å². The van der Waals surface area contributed by atoms with Crippen LogP contribution in [0.4, 0.5) is 0 Å². The number of hydrogen-bond acceptors (Lipinski definition) is 3. The largest absolute Gasteiger partial charge is 0.346 e. The molecule has 1 amide bonds. The molecule has 0 saturated carbocycles. The highest BCUT2D eigenvalue weighted by Gasteiger charge is 2.10. The molecule has 0 fully saturated rings. The molecule has 0 atom stereocenters. The SMILES string of the molecule is C=C(Br)CNC(=O)c1ncncc1Br. The van der Waals surface area contributed by atoms with Crippen LogP contribution in [0.1, 0.15) is 10.5 Å². The molecule has 0 aliphatic carbocycles. The summed E-state index contributed by atoms with van der Waals surface area (Å²) >= 11 is 6.32. The predicted octanol–water partition coefficient (Wildman–Crippen LogP) is 1.88. The molecule has 1 aromatic heterocycles. The Morgan fingerprint density at radius 2 is 2.36 bits per heavy atom. The van der Waals surface area contributed by atoms with Gasteiger partial charge in [-0.3, -0.25) is 4.79 Å². The topological polar surface area (TPSA) is 54.9 Å². The number of amides is 1. The van der Waals surface area contributed by atoms with Crippen LogP contribution in [0.5, 0.6) is 0 Å². The summed E-state index contributed by atoms with van der Waals surface area (Å²) < 4.78 is 1.27. The maximum absolute atomic E-state index is 11.5. The summed E-state index contributed by atoms with van der Waals surface area (Å²) in [6.45, 7) is 3.97. The number of aromatic nitrogens is 2. The van der Waals surface area contributed by atoms with Crippen LogP contribution >= 0.6 is 31.9 Å². The van der Waals surface area contributed by atoms with E-state index in [1.165, 1.54) is 12.5 Å². The molecular formula is C8H7Br2N3O. The van der Waals surface area contributed by atoms with Gasteiger partial charge in [0.2, 0.25) is 0 Å². The first-order valence-corrected chi connectivity index (χ1v) is 5.27. The lowest BCUT2D eigenvalue weighted by Crippen LogP contribution is -2.25. The van der Waals surface area contributed by atoms with Crippen molar-refractivity contribution in [3.8, 4) is 0 Å². The molecule has 0 radical (unpaired) electrons. The summed E-state index contributed by atoms with van der Waals surface area (Å²) in [7, 11) is 0. The third kappa shape index (κ3) is 3.19. The Hall–Kier alpha value is -0.750. The number of carbonyl (C=O) groups excluding carboxylic acids is 1. The number of nitrogens with zero attached hydrogens (tertiary/aromatic N) is 2. The van der Waals surface area contributed by atoms with Crippen molar-refractivity contribution in [1.82, 2.24) is 15.3 Å². The highest BCUT2D eigenvalue weighted by molar-refractivity contribution is 9.11. The summed E-state index contributed by atoms with van der Waals surface area (Å²) in [6.07, 6.45) is 2.84. The van der Waals surface area contributed by atoms with Crippen LogP contribution in [0.15, 0.2) is 28.1 Å². The molecule has 1 N–H and O–H groups in total. The smallest absolute Gasteiger partial charge is 0.271 e. The maximum Gasteiger partial charge on any atom is 0.271 e. The summed E-state index contributed by atoms with van der Waals surface area (Å²) in [6, 6.07) is 0. The van der Waals surface area contributed by atoms with E-state index in [9.17, 15) is 4.79 Å². The van der Waals surface area contributed by atoms with Crippen LogP contribution in [-0.2, 0) is 0 Å². The zero-order valence-electron chi connectivity index (χ0n) is 7.13. The molecule has 6 heteroatoms. The first-order chi connectivity index (χ1) is 6.61. The molecule has 1 aromatic rings. The number of nitrogens with one attached hydrogen (secondary N) is 1. The van der Waals surface area contributed by atoms with Crippen molar-refractivity contribution in [1.29, 1.82) is 0 Å². The number of rotatable bonds is 3. The molecule has 14 heavy (non-hydrogen) atoms. The fourth-order valence-electron chi connectivity index (χ4n) is 0.740. The molecule has 0 aromatic carbocycles. The van der Waals surface area contributed by atoms with E-state index in [0.29, 0.717) is 21.2 Å². The minimum absolute atomic E-state index is 0.264. The van der Waals surface area contributed by atoms with Gasteiger partial charge in [0.15, 0.2) is 0 Å². The highest BCUT2D eigenvalue weighted by Crippen LogP contribution is 2.11. The lowest BCUT2D eigenvalue weighted by atomic mass is 10.4. The van der Waals surface area contributed by atoms with Crippen LogP contribution in [-0.4, -0.2) is 22.4 Å². The minimum atomic E-state index is -0.264. The molecule has 0 unspecified atom stereocenters. The Morgan fingerprint density at radius 3 is 2.93 bits per heavy atom. The maximum atomic E-state index is 11.5. The van der Waals surface area contributed by atoms with E-state index in [1.807, 2.05) is 0 Å². The quantitative estimate of drug-likeness (QED) is 0.925. The Labute approximate surface area is 98.1 Å². The lowest BCUT2D eigenvalue weighted by molar-refractivity contribution is 0.0952. The Bertz CT molecular complexity index is 367. The second-order valence-electron chi connectivity index (χ2n) is 2.42. The van der Waals surface area contributed by atoms with E-state index >= 15 is 0 Å². The van der Waals surface area contributed by atoms with Gasteiger partial charge in [0, 0.05) is 17.2 Å². The number of hydrogen-bond donors (Lipinski definition) is 1. The van der Waals surface area contributed by atoms with Gasteiger partial charge in [-0.15, -0.1) is 0 Å². The van der Waals surface area contributed by atoms with Crippen LogP contribution in [0.2, 0.25) is 0 Å². The van der Waals surface area contributed by atoms with Crippen molar-refractivity contribution in [3.05, 3.63) is 33.8 Å². The Balaban J connectivity index is 2.70. The van der Waals surface area contributed by atoms with E-state index < -0.39 is 0 Å². The van der Waals surface area contributed by atoms with Gasteiger partial charge in [-0.1, -0.05) is 22.5 Å². The van der Waals surface area contributed by atoms with Gasteiger partial charge in [-0.2, -0.15) is 0 Å². The molecule has 0 spiro atoms. The zero-order valence-corrected chi connectivity index (χ0v) is 10.3. The Morgan fingerprint density at radius 1 is 1.64 bits per heavy atom. The number of carbonyl (C=O) groups is 1. The van der Waals surface area contributed by atoms with E-state index in [1.54, 1.807) is 0 Å². The fourth-order valence-corrected chi connectivity index (χ4v) is 1.28. The molecule has 0 aliphatic rings. The van der Waals surface area contributed by atoms with Crippen LogP contribution in [0.3, 0.4) is 0 Å². The average molecular weight is 321 g/mol. The van der Waals surface area contributed by atoms with Crippen molar-refractivity contribution in [2.45, 2.75) is 0 Å². The standard InChI is InChI=1S/C8H7Br2N3O/c1-5(9)2-12-8(14)7-6(10)3-11-4-13-7/h3-4H,1-2H2,(H,12,14). The summed E-state index contributed by atoms with van der Waals surface area (Å²) in [4.78, 5) is 19.1. The van der Waals surface area contributed by atoms with Crippen molar-refractivity contribution in [2.75, 3.05) is 6.54 Å². The van der Waals surface area contributed by atoms with Gasteiger partial charge in [0.1, 0.15) is 12.0 Å². The Kier molecular flexibility index (Phi) is 4.21. The van der Waals surface area contributed by atoms with Crippen LogP contribution in [0.25, 0.3) is 0 Å². The first kappa shape index (κ1) is 11.3. The molecule has 1 rings (SSSR count). The highest BCUT2D eigenvalue weighted by atomic mass is 79.9. The third-order valence-corrected chi connectivity index (χ3v) is 2.18. The lowest BCUT2D eigenvalue weighted by Gasteiger charge is -2.03. The van der Waals surface area contributed by atoms with E-state index in [0.717, 1.165) is 0 Å². The molecule has 1 heterocycles. The fraction of sp³-hybridized carbons (Fsp3) is 0.125. The monoisotopic (exact) mass is 319 g/mol. The normalized spacial score (nSPS) is 9.57. The van der Waals surface area contributed by atoms with Crippen LogP contribution < -0.4 is 5.32 Å². The summed E-state index contributed by atoms with van der Waals surface area (Å²) in [5.74, 6) is -0.264. The predicted molar refractivity (Wildman–Crippen MR) is 60.1 cm³/mol. The third-order valence-electron chi connectivity index (χ3n) is 1.32. The molecule has 4 nitrogen and oxygen atoms in total. The van der Waals surface area contributed by atoms with Crippen LogP contribution in [0, 0.1) is 0 Å².